The fraction of sp³-hybridized carbons (Fsp3) is 0.400. The zero-order valence-corrected chi connectivity index (χ0v) is 11.2. The maximum Gasteiger partial charge on any atom is 0.330 e. The number of hydrogen-bond donors (Lipinski definition) is 2. The minimum Gasteiger partial charge on any atom is -0.478 e. The summed E-state index contributed by atoms with van der Waals surface area (Å²) in [5, 5.41) is 12.0. The van der Waals surface area contributed by atoms with Gasteiger partial charge in [-0.2, -0.15) is 0 Å². The van der Waals surface area contributed by atoms with Gasteiger partial charge >= 0.3 is 5.97 Å². The number of hydrogen-bond acceptors (Lipinski definition) is 2. The lowest BCUT2D eigenvalue weighted by Crippen LogP contribution is -2.33. The van der Waals surface area contributed by atoms with Gasteiger partial charge in [-0.1, -0.05) is 50.3 Å². The second-order valence-electron chi connectivity index (χ2n) is 5.07. The fourth-order valence-electron chi connectivity index (χ4n) is 1.69. The molecule has 0 fully saturated rings. The monoisotopic (exact) mass is 247 g/mol. The third-order valence-electron chi connectivity index (χ3n) is 3.01. The van der Waals surface area contributed by atoms with Crippen molar-refractivity contribution in [3.8, 4) is 0 Å². The van der Waals surface area contributed by atoms with Crippen LogP contribution < -0.4 is 5.32 Å². The van der Waals surface area contributed by atoms with E-state index >= 15 is 0 Å². The van der Waals surface area contributed by atoms with E-state index in [0.717, 1.165) is 6.54 Å². The van der Waals surface area contributed by atoms with Gasteiger partial charge in [0.2, 0.25) is 0 Å². The summed E-state index contributed by atoms with van der Waals surface area (Å²) in [7, 11) is 0. The summed E-state index contributed by atoms with van der Waals surface area (Å²) in [5.41, 5.74) is 1.68. The van der Waals surface area contributed by atoms with Crippen molar-refractivity contribution in [1.82, 2.24) is 5.32 Å². The standard InChI is InChI=1S/C15H21NO2/c1-12(14(17)18)9-10-16-11-15(2,3)13-7-5-4-6-8-13/h4-9,16H,10-11H2,1-3H3,(H,17,18)/b12-9-. The van der Waals surface area contributed by atoms with Crippen molar-refractivity contribution in [2.24, 2.45) is 0 Å². The molecule has 0 aliphatic rings. The van der Waals surface area contributed by atoms with E-state index in [2.05, 4.69) is 31.3 Å². The van der Waals surface area contributed by atoms with E-state index < -0.39 is 5.97 Å². The first-order valence-corrected chi connectivity index (χ1v) is 6.10. The number of carboxylic acid groups (broad SMARTS) is 1. The lowest BCUT2D eigenvalue weighted by atomic mass is 9.84. The Kier molecular flexibility index (Phi) is 5.10. The van der Waals surface area contributed by atoms with Gasteiger partial charge in [0.15, 0.2) is 0 Å². The molecular formula is C15H21NO2. The Labute approximate surface area is 109 Å². The highest BCUT2D eigenvalue weighted by Crippen LogP contribution is 2.21. The van der Waals surface area contributed by atoms with Crippen molar-refractivity contribution in [2.45, 2.75) is 26.2 Å². The van der Waals surface area contributed by atoms with E-state index in [1.165, 1.54) is 5.56 Å². The normalized spacial score (nSPS) is 12.5. The molecule has 3 nitrogen and oxygen atoms in total. The number of carboxylic acids is 1. The van der Waals surface area contributed by atoms with Crippen LogP contribution in [0.1, 0.15) is 26.3 Å². The lowest BCUT2D eigenvalue weighted by Gasteiger charge is -2.25. The first-order valence-electron chi connectivity index (χ1n) is 6.10. The number of carbonyl (C=O) groups is 1. The Balaban J connectivity index is 2.49. The molecular weight excluding hydrogens is 226 g/mol. The highest BCUT2D eigenvalue weighted by molar-refractivity contribution is 5.85. The van der Waals surface area contributed by atoms with E-state index in [1.54, 1.807) is 13.0 Å². The summed E-state index contributed by atoms with van der Waals surface area (Å²) in [5.74, 6) is -0.862. The average Bonchev–Trinajstić information content (AvgIpc) is 2.35. The van der Waals surface area contributed by atoms with Crippen molar-refractivity contribution in [3.63, 3.8) is 0 Å². The van der Waals surface area contributed by atoms with Gasteiger partial charge in [0.25, 0.3) is 0 Å². The SMILES string of the molecule is C/C(=C/CNCC(C)(C)c1ccccc1)C(=O)O. The molecule has 1 aromatic carbocycles. The molecule has 0 aliphatic carbocycles. The molecule has 0 radical (unpaired) electrons. The lowest BCUT2D eigenvalue weighted by molar-refractivity contribution is -0.132. The molecule has 0 unspecified atom stereocenters. The Hall–Kier alpha value is -1.61. The Morgan fingerprint density at radius 3 is 2.50 bits per heavy atom. The molecule has 0 bridgehead atoms. The van der Waals surface area contributed by atoms with Crippen LogP contribution in [-0.2, 0) is 10.2 Å². The first-order chi connectivity index (χ1) is 8.43. The van der Waals surface area contributed by atoms with E-state index in [4.69, 9.17) is 5.11 Å². The van der Waals surface area contributed by atoms with Gasteiger partial charge in [-0.25, -0.2) is 4.79 Å². The molecule has 0 saturated heterocycles. The Bertz CT molecular complexity index is 421. The van der Waals surface area contributed by atoms with Crippen LogP contribution in [0, 0.1) is 0 Å². The number of aliphatic carboxylic acids is 1. The van der Waals surface area contributed by atoms with Crippen molar-refractivity contribution in [3.05, 3.63) is 47.5 Å². The van der Waals surface area contributed by atoms with Gasteiger partial charge in [-0.3, -0.25) is 0 Å². The van der Waals surface area contributed by atoms with E-state index in [-0.39, 0.29) is 5.41 Å². The molecule has 2 N–H and O–H groups in total. The van der Waals surface area contributed by atoms with Gasteiger partial charge < -0.3 is 10.4 Å². The minimum atomic E-state index is -0.862. The summed E-state index contributed by atoms with van der Waals surface area (Å²) < 4.78 is 0. The van der Waals surface area contributed by atoms with E-state index in [9.17, 15) is 4.79 Å². The van der Waals surface area contributed by atoms with Gasteiger partial charge in [0, 0.05) is 24.1 Å². The topological polar surface area (TPSA) is 49.3 Å². The molecule has 18 heavy (non-hydrogen) atoms. The Morgan fingerprint density at radius 1 is 1.33 bits per heavy atom. The summed E-state index contributed by atoms with van der Waals surface area (Å²) in [6.45, 7) is 7.33. The number of benzene rings is 1. The molecule has 3 heteroatoms. The third-order valence-corrected chi connectivity index (χ3v) is 3.01. The first kappa shape index (κ1) is 14.5. The number of rotatable bonds is 6. The highest BCUT2D eigenvalue weighted by atomic mass is 16.4. The number of nitrogens with one attached hydrogen (secondary N) is 1. The smallest absolute Gasteiger partial charge is 0.330 e. The van der Waals surface area contributed by atoms with Crippen molar-refractivity contribution >= 4 is 5.97 Å². The maximum atomic E-state index is 10.6. The van der Waals surface area contributed by atoms with Crippen LogP contribution >= 0.6 is 0 Å². The van der Waals surface area contributed by atoms with Gasteiger partial charge in [-0.15, -0.1) is 0 Å². The zero-order chi connectivity index (χ0) is 13.6. The molecule has 0 atom stereocenters. The maximum absolute atomic E-state index is 10.6. The van der Waals surface area contributed by atoms with Gasteiger partial charge in [0.1, 0.15) is 0 Å². The van der Waals surface area contributed by atoms with Crippen molar-refractivity contribution in [1.29, 1.82) is 0 Å². The molecule has 0 heterocycles. The van der Waals surface area contributed by atoms with Crippen molar-refractivity contribution < 1.29 is 9.90 Å². The summed E-state index contributed by atoms with van der Waals surface area (Å²) in [4.78, 5) is 10.6. The highest BCUT2D eigenvalue weighted by Gasteiger charge is 2.19. The molecule has 0 spiro atoms. The van der Waals surface area contributed by atoms with Crippen molar-refractivity contribution in [2.75, 3.05) is 13.1 Å². The second kappa shape index (κ2) is 6.36. The van der Waals surface area contributed by atoms with Crippen LogP contribution in [0.5, 0.6) is 0 Å². The molecule has 1 rings (SSSR count). The Morgan fingerprint density at radius 2 is 1.94 bits per heavy atom. The van der Waals surface area contributed by atoms with Crippen LogP contribution in [0.4, 0.5) is 0 Å². The average molecular weight is 247 g/mol. The van der Waals surface area contributed by atoms with Crippen LogP contribution in [-0.4, -0.2) is 24.2 Å². The molecule has 98 valence electrons. The summed E-state index contributed by atoms with van der Waals surface area (Å²) >= 11 is 0. The van der Waals surface area contributed by atoms with Crippen LogP contribution in [0.25, 0.3) is 0 Å². The molecule has 0 aliphatic heterocycles. The molecule has 0 saturated carbocycles. The predicted octanol–water partition coefficient (Wildman–Crippen LogP) is 2.58. The largest absolute Gasteiger partial charge is 0.478 e. The minimum absolute atomic E-state index is 0.0340. The van der Waals surface area contributed by atoms with E-state index in [0.29, 0.717) is 12.1 Å². The van der Waals surface area contributed by atoms with Crippen LogP contribution in [0.2, 0.25) is 0 Å². The molecule has 0 aromatic heterocycles. The molecule has 0 amide bonds. The zero-order valence-electron chi connectivity index (χ0n) is 11.2. The third kappa shape index (κ3) is 4.34. The summed E-state index contributed by atoms with van der Waals surface area (Å²) in [6, 6.07) is 10.3. The second-order valence-corrected chi connectivity index (χ2v) is 5.07. The summed E-state index contributed by atoms with van der Waals surface area (Å²) in [6.07, 6.45) is 1.70. The van der Waals surface area contributed by atoms with E-state index in [1.807, 2.05) is 18.2 Å². The van der Waals surface area contributed by atoms with Gasteiger partial charge in [0.05, 0.1) is 0 Å². The van der Waals surface area contributed by atoms with Crippen LogP contribution in [0.15, 0.2) is 42.0 Å². The predicted molar refractivity (Wildman–Crippen MR) is 73.7 cm³/mol. The molecule has 1 aromatic rings. The quantitative estimate of drug-likeness (QED) is 0.600. The fourth-order valence-corrected chi connectivity index (χ4v) is 1.69. The van der Waals surface area contributed by atoms with Gasteiger partial charge in [-0.05, 0) is 12.5 Å². The van der Waals surface area contributed by atoms with Crippen LogP contribution in [0.3, 0.4) is 0 Å².